The van der Waals surface area contributed by atoms with Crippen molar-refractivity contribution in [2.24, 2.45) is 0 Å². The van der Waals surface area contributed by atoms with E-state index >= 15 is 0 Å². The van der Waals surface area contributed by atoms with Crippen LogP contribution in [0.4, 0.5) is 0 Å². The van der Waals surface area contributed by atoms with Gasteiger partial charge in [-0.1, -0.05) is 53.0 Å². The van der Waals surface area contributed by atoms with Crippen LogP contribution in [-0.2, 0) is 0 Å². The summed E-state index contributed by atoms with van der Waals surface area (Å²) < 4.78 is 0. The number of ketones is 1. The van der Waals surface area contributed by atoms with Gasteiger partial charge in [0, 0.05) is 10.6 Å². The Kier molecular flexibility index (Phi) is 4.44. The summed E-state index contributed by atoms with van der Waals surface area (Å²) in [7, 11) is 0. The summed E-state index contributed by atoms with van der Waals surface area (Å²) in [6, 6.07) is 14.0. The van der Waals surface area contributed by atoms with E-state index in [9.17, 15) is 10.1 Å². The summed E-state index contributed by atoms with van der Waals surface area (Å²) in [5.74, 6) is -1.23. The lowest BCUT2D eigenvalue weighted by molar-refractivity contribution is 0.0979. The van der Waals surface area contributed by atoms with E-state index in [-0.39, 0.29) is 11.3 Å². The molecule has 0 aliphatic rings. The number of carbonyl (C=O) groups excluding carboxylic acids is 1. The van der Waals surface area contributed by atoms with Gasteiger partial charge in [0.15, 0.2) is 5.78 Å². The van der Waals surface area contributed by atoms with Gasteiger partial charge in [-0.05, 0) is 30.7 Å². The Morgan fingerprint density at radius 3 is 2.40 bits per heavy atom. The van der Waals surface area contributed by atoms with Crippen molar-refractivity contribution in [1.29, 1.82) is 5.26 Å². The summed E-state index contributed by atoms with van der Waals surface area (Å²) in [5, 5.41) is 10.0. The Balaban J connectivity index is 2.42. The number of aryl methyl sites for hydroxylation is 1. The van der Waals surface area contributed by atoms with Gasteiger partial charge in [0.05, 0.1) is 11.1 Å². The first-order valence-corrected chi connectivity index (χ1v) is 6.74. The fraction of sp³-hybridized carbons (Fsp3) is 0.125. The zero-order chi connectivity index (χ0) is 14.7. The third-order valence-electron chi connectivity index (χ3n) is 3.00. The molecular formula is C16H11Cl2NO. The first-order chi connectivity index (χ1) is 9.52. The van der Waals surface area contributed by atoms with Gasteiger partial charge in [0.25, 0.3) is 0 Å². The summed E-state index contributed by atoms with van der Waals surface area (Å²) in [4.78, 5) is 12.5. The third kappa shape index (κ3) is 3.01. The zero-order valence-electron chi connectivity index (χ0n) is 10.7. The number of Topliss-reactive ketones (excluding diaryl/α,β-unsaturated/α-hetero) is 1. The fourth-order valence-electron chi connectivity index (χ4n) is 1.89. The highest BCUT2D eigenvalue weighted by atomic mass is 35.5. The minimum Gasteiger partial charge on any atom is -0.292 e. The van der Waals surface area contributed by atoms with Crippen molar-refractivity contribution in [2.75, 3.05) is 0 Å². The molecular weight excluding hydrogens is 293 g/mol. The summed E-state index contributed by atoms with van der Waals surface area (Å²) in [6.07, 6.45) is 0. The summed E-state index contributed by atoms with van der Waals surface area (Å²) in [6.45, 7) is 1.95. The molecule has 0 saturated heterocycles. The van der Waals surface area contributed by atoms with Gasteiger partial charge in [0.2, 0.25) is 0 Å². The summed E-state index contributed by atoms with van der Waals surface area (Å²) in [5.41, 5.74) is 1.99. The molecule has 1 atom stereocenters. The predicted molar refractivity (Wildman–Crippen MR) is 80.3 cm³/mol. The number of rotatable bonds is 3. The Bertz CT molecular complexity index is 687. The lowest BCUT2D eigenvalue weighted by Crippen LogP contribution is -2.12. The van der Waals surface area contributed by atoms with Crippen LogP contribution in [0.25, 0.3) is 0 Å². The molecule has 0 bridgehead atoms. The standard InChI is InChI=1S/C16H11Cl2NO/c1-10-2-4-11(5-3-10)14(9-19)16(20)13-8-12(17)6-7-15(13)18/h2-8,14H,1H3. The van der Waals surface area contributed by atoms with Crippen molar-refractivity contribution in [2.45, 2.75) is 12.8 Å². The van der Waals surface area contributed by atoms with Crippen molar-refractivity contribution in [3.05, 3.63) is 69.2 Å². The molecule has 2 aromatic carbocycles. The van der Waals surface area contributed by atoms with E-state index in [0.717, 1.165) is 5.56 Å². The molecule has 0 aromatic heterocycles. The second-order valence-electron chi connectivity index (χ2n) is 4.46. The number of benzene rings is 2. The van der Waals surface area contributed by atoms with Crippen LogP contribution in [0, 0.1) is 18.3 Å². The van der Waals surface area contributed by atoms with E-state index in [1.807, 2.05) is 25.1 Å². The molecule has 100 valence electrons. The van der Waals surface area contributed by atoms with Crippen LogP contribution in [0.15, 0.2) is 42.5 Å². The molecule has 2 aromatic rings. The monoisotopic (exact) mass is 303 g/mol. The van der Waals surface area contributed by atoms with Crippen LogP contribution in [0.2, 0.25) is 10.0 Å². The fourth-order valence-corrected chi connectivity index (χ4v) is 2.27. The van der Waals surface area contributed by atoms with Crippen molar-refractivity contribution < 1.29 is 4.79 Å². The van der Waals surface area contributed by atoms with Gasteiger partial charge >= 0.3 is 0 Å². The van der Waals surface area contributed by atoms with Crippen molar-refractivity contribution in [3.8, 4) is 6.07 Å². The topological polar surface area (TPSA) is 40.9 Å². The van der Waals surface area contributed by atoms with E-state index in [1.54, 1.807) is 24.3 Å². The average Bonchev–Trinajstić information content (AvgIpc) is 2.44. The van der Waals surface area contributed by atoms with Crippen LogP contribution < -0.4 is 0 Å². The molecule has 2 nitrogen and oxygen atoms in total. The van der Waals surface area contributed by atoms with Crippen LogP contribution in [0.1, 0.15) is 27.4 Å². The quantitative estimate of drug-likeness (QED) is 0.765. The van der Waals surface area contributed by atoms with E-state index in [4.69, 9.17) is 23.2 Å². The molecule has 20 heavy (non-hydrogen) atoms. The SMILES string of the molecule is Cc1ccc(C(C#N)C(=O)c2cc(Cl)ccc2Cl)cc1. The first-order valence-electron chi connectivity index (χ1n) is 5.98. The van der Waals surface area contributed by atoms with E-state index in [1.165, 1.54) is 6.07 Å². The number of nitrogens with zero attached hydrogens (tertiary/aromatic N) is 1. The highest BCUT2D eigenvalue weighted by Gasteiger charge is 2.23. The molecule has 0 aliphatic carbocycles. The Labute approximate surface area is 127 Å². The van der Waals surface area contributed by atoms with Crippen molar-refractivity contribution in [1.82, 2.24) is 0 Å². The molecule has 2 rings (SSSR count). The lowest BCUT2D eigenvalue weighted by Gasteiger charge is -2.10. The maximum absolute atomic E-state index is 12.5. The lowest BCUT2D eigenvalue weighted by atomic mass is 9.91. The molecule has 0 aliphatic heterocycles. The number of hydrogen-bond acceptors (Lipinski definition) is 2. The maximum atomic E-state index is 12.5. The second kappa shape index (κ2) is 6.09. The number of halogens is 2. The molecule has 0 saturated carbocycles. The minimum atomic E-state index is -0.883. The summed E-state index contributed by atoms with van der Waals surface area (Å²) >= 11 is 11.9. The van der Waals surface area contributed by atoms with E-state index in [2.05, 4.69) is 0 Å². The molecule has 0 heterocycles. The Morgan fingerprint density at radius 1 is 1.15 bits per heavy atom. The van der Waals surface area contributed by atoms with Crippen molar-refractivity contribution in [3.63, 3.8) is 0 Å². The predicted octanol–water partition coefficient (Wildman–Crippen LogP) is 4.79. The highest BCUT2D eigenvalue weighted by molar-refractivity contribution is 6.36. The molecule has 4 heteroatoms. The second-order valence-corrected chi connectivity index (χ2v) is 5.30. The van der Waals surface area contributed by atoms with E-state index in [0.29, 0.717) is 15.6 Å². The number of carbonyl (C=O) groups is 1. The minimum absolute atomic E-state index is 0.270. The average molecular weight is 304 g/mol. The van der Waals surface area contributed by atoms with Gasteiger partial charge in [-0.2, -0.15) is 5.26 Å². The molecule has 0 radical (unpaired) electrons. The van der Waals surface area contributed by atoms with Crippen LogP contribution in [0.3, 0.4) is 0 Å². The van der Waals surface area contributed by atoms with Crippen LogP contribution >= 0.6 is 23.2 Å². The van der Waals surface area contributed by atoms with Gasteiger partial charge in [0.1, 0.15) is 5.92 Å². The largest absolute Gasteiger partial charge is 0.292 e. The smallest absolute Gasteiger partial charge is 0.185 e. The van der Waals surface area contributed by atoms with Crippen LogP contribution in [-0.4, -0.2) is 5.78 Å². The normalized spacial score (nSPS) is 11.7. The van der Waals surface area contributed by atoms with Crippen LogP contribution in [0.5, 0.6) is 0 Å². The molecule has 0 fully saturated rings. The third-order valence-corrected chi connectivity index (χ3v) is 3.56. The van der Waals surface area contributed by atoms with Crippen molar-refractivity contribution >= 4 is 29.0 Å². The van der Waals surface area contributed by atoms with Gasteiger partial charge in [-0.25, -0.2) is 0 Å². The molecule has 0 spiro atoms. The molecule has 0 N–H and O–H groups in total. The van der Waals surface area contributed by atoms with Gasteiger partial charge in [-0.3, -0.25) is 4.79 Å². The molecule has 0 amide bonds. The maximum Gasteiger partial charge on any atom is 0.185 e. The number of hydrogen-bond donors (Lipinski definition) is 0. The number of nitriles is 1. The van der Waals surface area contributed by atoms with Gasteiger partial charge < -0.3 is 0 Å². The molecule has 1 unspecified atom stereocenters. The Hall–Kier alpha value is -1.82. The Morgan fingerprint density at radius 2 is 1.80 bits per heavy atom. The van der Waals surface area contributed by atoms with E-state index < -0.39 is 5.92 Å². The zero-order valence-corrected chi connectivity index (χ0v) is 12.2. The van der Waals surface area contributed by atoms with Gasteiger partial charge in [-0.15, -0.1) is 0 Å². The first kappa shape index (κ1) is 14.6. The highest BCUT2D eigenvalue weighted by Crippen LogP contribution is 2.27.